The quantitative estimate of drug-likeness (QED) is 0.407. The number of sulfonamides is 1. The highest BCUT2D eigenvalue weighted by atomic mass is 32.2. The number of rotatable bonds is 7. The molecule has 1 aliphatic carbocycles. The molecule has 0 amide bonds. The van der Waals surface area contributed by atoms with Gasteiger partial charge in [0.1, 0.15) is 11.4 Å². The second kappa shape index (κ2) is 13.5. The van der Waals surface area contributed by atoms with E-state index in [9.17, 15) is 26.4 Å². The van der Waals surface area contributed by atoms with E-state index in [1.807, 2.05) is 13.8 Å². The van der Waals surface area contributed by atoms with Crippen molar-refractivity contribution in [1.82, 2.24) is 4.72 Å². The van der Waals surface area contributed by atoms with E-state index in [1.54, 1.807) is 39.0 Å². The van der Waals surface area contributed by atoms with Crippen LogP contribution in [0.4, 0.5) is 13.2 Å². The molecule has 0 unspecified atom stereocenters. The van der Waals surface area contributed by atoms with E-state index in [0.717, 1.165) is 11.6 Å². The molecule has 3 N–H and O–H groups in total. The predicted octanol–water partition coefficient (Wildman–Crippen LogP) is 6.02. The maximum atomic E-state index is 13.4. The third-order valence-electron chi connectivity index (χ3n) is 5.56. The van der Waals surface area contributed by atoms with Crippen molar-refractivity contribution in [2.75, 3.05) is 6.61 Å². The molecule has 2 aromatic rings. The molecule has 0 fully saturated rings. The van der Waals surface area contributed by atoms with Gasteiger partial charge in [-0.25, -0.2) is 17.9 Å². The first kappa shape index (κ1) is 34.1. The molecule has 1 atom stereocenters. The predicted molar refractivity (Wildman–Crippen MR) is 145 cm³/mol. The number of fused-ring (bicyclic) bond motifs is 1. The highest BCUT2D eigenvalue weighted by molar-refractivity contribution is 7.89. The van der Waals surface area contributed by atoms with Crippen LogP contribution in [0.15, 0.2) is 47.9 Å². The van der Waals surface area contributed by atoms with Crippen LogP contribution in [0.3, 0.4) is 0 Å². The molecule has 0 aliphatic heterocycles. The largest absolute Gasteiger partial charge is 0.482 e. The second-order valence-electron chi connectivity index (χ2n) is 9.79. The molecule has 3 rings (SSSR count). The van der Waals surface area contributed by atoms with Crippen LogP contribution in [0.1, 0.15) is 82.7 Å². The van der Waals surface area contributed by atoms with Gasteiger partial charge in [-0.15, -0.1) is 0 Å². The Morgan fingerprint density at radius 1 is 1.13 bits per heavy atom. The van der Waals surface area contributed by atoms with Gasteiger partial charge in [-0.2, -0.15) is 13.2 Å². The Balaban J connectivity index is 0.00000248. The van der Waals surface area contributed by atoms with Crippen LogP contribution < -0.4 is 9.46 Å². The van der Waals surface area contributed by atoms with Gasteiger partial charge in [-0.1, -0.05) is 38.1 Å². The molecule has 218 valence electrons. The number of ether oxygens (including phenoxy) is 2. The van der Waals surface area contributed by atoms with E-state index in [1.165, 1.54) is 13.0 Å². The summed E-state index contributed by atoms with van der Waals surface area (Å²) in [6.45, 7) is 14.1. The lowest BCUT2D eigenvalue weighted by atomic mass is 9.87. The van der Waals surface area contributed by atoms with Crippen molar-refractivity contribution in [1.29, 1.82) is 0 Å². The molecular formula is C28H38F3NO6S. The van der Waals surface area contributed by atoms with E-state index in [-0.39, 0.29) is 17.6 Å². The first-order chi connectivity index (χ1) is 17.6. The summed E-state index contributed by atoms with van der Waals surface area (Å²) in [6, 6.07) is 7.12. The van der Waals surface area contributed by atoms with Crippen LogP contribution >= 0.6 is 0 Å². The minimum absolute atomic E-state index is 0. The van der Waals surface area contributed by atoms with Crippen LogP contribution in [0, 0.1) is 0 Å². The fourth-order valence-corrected chi connectivity index (χ4v) is 5.32. The van der Waals surface area contributed by atoms with Crippen molar-refractivity contribution in [2.24, 2.45) is 0 Å². The lowest BCUT2D eigenvalue weighted by Gasteiger charge is -2.28. The number of hydrogen-bond acceptors (Lipinski definition) is 5. The highest BCUT2D eigenvalue weighted by Crippen LogP contribution is 2.37. The highest BCUT2D eigenvalue weighted by Gasteiger charge is 2.34. The number of nitrogens with one attached hydrogen (secondary N) is 1. The summed E-state index contributed by atoms with van der Waals surface area (Å²) in [5, 5.41) is 0. The molecule has 0 radical (unpaired) electrons. The molecule has 39 heavy (non-hydrogen) atoms. The molecule has 0 spiro atoms. The van der Waals surface area contributed by atoms with Gasteiger partial charge >= 0.3 is 12.1 Å². The lowest BCUT2D eigenvalue weighted by Crippen LogP contribution is -2.31. The van der Waals surface area contributed by atoms with E-state index >= 15 is 0 Å². The van der Waals surface area contributed by atoms with Crippen molar-refractivity contribution in [2.45, 2.75) is 83.5 Å². The Kier molecular flexibility index (Phi) is 11.8. The van der Waals surface area contributed by atoms with Crippen molar-refractivity contribution >= 4 is 21.6 Å². The fraction of sp³-hybridized carbons (Fsp3) is 0.464. The zero-order chi connectivity index (χ0) is 28.9. The number of benzene rings is 2. The van der Waals surface area contributed by atoms with Gasteiger partial charge in [-0.05, 0) is 87.9 Å². The minimum atomic E-state index is -4.71. The molecule has 7 nitrogen and oxygen atoms in total. The summed E-state index contributed by atoms with van der Waals surface area (Å²) in [6.07, 6.45) is -3.05. The standard InChI is InChI=1S/C26H30F3NO5S.C2H6.H2O/c1-16(2)17-12-18(26(27,28)29)14-19(13-17)36(32,33)30-22-10-6-9-21-20(22)8-7-11-23(21)34-15-24(31)35-25(3,4)5;1-2;/h7-8,11-14,22,30H,1,6,9-10,15H2,2-5H3;1-2H3;1H2/t22-;;/m1../s1. The number of alkyl halides is 3. The first-order valence-electron chi connectivity index (χ1n) is 12.4. The van der Waals surface area contributed by atoms with E-state index in [0.29, 0.717) is 42.2 Å². The van der Waals surface area contributed by atoms with E-state index < -0.39 is 44.3 Å². The Morgan fingerprint density at radius 3 is 2.33 bits per heavy atom. The fourth-order valence-electron chi connectivity index (χ4n) is 4.00. The zero-order valence-electron chi connectivity index (χ0n) is 23.2. The van der Waals surface area contributed by atoms with Gasteiger partial charge in [0.15, 0.2) is 6.61 Å². The molecule has 0 heterocycles. The maximum Gasteiger partial charge on any atom is 0.416 e. The van der Waals surface area contributed by atoms with Gasteiger partial charge in [0, 0.05) is 6.04 Å². The maximum absolute atomic E-state index is 13.4. The number of halogens is 3. The Hall–Kier alpha value is -2.89. The van der Waals surface area contributed by atoms with Crippen molar-refractivity contribution in [3.05, 3.63) is 65.2 Å². The van der Waals surface area contributed by atoms with Crippen molar-refractivity contribution < 1.29 is 41.3 Å². The molecule has 2 aromatic carbocycles. The Morgan fingerprint density at radius 2 is 1.77 bits per heavy atom. The molecular weight excluding hydrogens is 535 g/mol. The first-order valence-corrected chi connectivity index (χ1v) is 13.9. The third kappa shape index (κ3) is 9.36. The summed E-state index contributed by atoms with van der Waals surface area (Å²) >= 11 is 0. The summed E-state index contributed by atoms with van der Waals surface area (Å²) in [5.74, 6) is -0.100. The number of carbonyl (C=O) groups excluding carboxylic acids is 1. The van der Waals surface area contributed by atoms with Crippen LogP contribution in [0.5, 0.6) is 5.75 Å². The molecule has 11 heteroatoms. The molecule has 1 aliphatic rings. The zero-order valence-corrected chi connectivity index (χ0v) is 24.0. The number of carbonyl (C=O) groups is 1. The Labute approximate surface area is 228 Å². The minimum Gasteiger partial charge on any atom is -0.482 e. The number of hydrogen-bond donors (Lipinski definition) is 1. The van der Waals surface area contributed by atoms with Crippen LogP contribution in [-0.4, -0.2) is 32.1 Å². The van der Waals surface area contributed by atoms with Gasteiger partial charge in [0.05, 0.1) is 10.5 Å². The second-order valence-corrected chi connectivity index (χ2v) is 11.5. The van der Waals surface area contributed by atoms with Crippen LogP contribution in [-0.2, 0) is 32.2 Å². The lowest BCUT2D eigenvalue weighted by molar-refractivity contribution is -0.157. The molecule has 0 saturated carbocycles. The summed E-state index contributed by atoms with van der Waals surface area (Å²) in [5.41, 5.74) is 0.0721. The average Bonchev–Trinajstić information content (AvgIpc) is 2.82. The molecule has 0 saturated heterocycles. The van der Waals surface area contributed by atoms with E-state index in [2.05, 4.69) is 11.3 Å². The van der Waals surface area contributed by atoms with Crippen LogP contribution in [0.25, 0.3) is 5.57 Å². The third-order valence-corrected chi connectivity index (χ3v) is 7.02. The van der Waals surface area contributed by atoms with Gasteiger partial charge < -0.3 is 14.9 Å². The molecule has 0 bridgehead atoms. The number of allylic oxidation sites excluding steroid dienone is 1. The van der Waals surface area contributed by atoms with Crippen molar-refractivity contribution in [3.63, 3.8) is 0 Å². The van der Waals surface area contributed by atoms with Gasteiger partial charge in [-0.3, -0.25) is 0 Å². The topological polar surface area (TPSA) is 113 Å². The normalized spacial score (nSPS) is 15.2. The number of esters is 1. The van der Waals surface area contributed by atoms with Gasteiger partial charge in [0.2, 0.25) is 10.0 Å². The summed E-state index contributed by atoms with van der Waals surface area (Å²) < 4.78 is 80.2. The monoisotopic (exact) mass is 573 g/mol. The van der Waals surface area contributed by atoms with Crippen molar-refractivity contribution in [3.8, 4) is 5.75 Å². The molecule has 0 aromatic heterocycles. The summed E-state index contributed by atoms with van der Waals surface area (Å²) in [4.78, 5) is 11.6. The average molecular weight is 574 g/mol. The smallest absolute Gasteiger partial charge is 0.416 e. The Bertz CT molecular complexity index is 1270. The SMILES string of the molecule is C=C(C)c1cc(C(F)(F)F)cc(S(=O)(=O)N[C@@H]2CCCc3c(OCC(=O)OC(C)(C)C)cccc32)c1.CC.O. The van der Waals surface area contributed by atoms with Crippen LogP contribution in [0.2, 0.25) is 0 Å². The van der Waals surface area contributed by atoms with Gasteiger partial charge in [0.25, 0.3) is 0 Å². The summed E-state index contributed by atoms with van der Waals surface area (Å²) in [7, 11) is -4.31. The van der Waals surface area contributed by atoms with E-state index in [4.69, 9.17) is 9.47 Å².